The van der Waals surface area contributed by atoms with Crippen molar-refractivity contribution in [2.75, 3.05) is 10.2 Å². The standard InChI is InChI=1S/C24H24F3N3O2/c1-13-5-4-6-20-21(13)22(31)17(12-28-20)23(32)29-19-10-9-16(11-18(19)24(25,26)27)30-14(2)7-8-15(30)3/h4-6,9-12,14-15H,7-8H2,1-3H3,(H,28,31)(H,29,32)/t14-,15+. The zero-order valence-corrected chi connectivity index (χ0v) is 18.0. The van der Waals surface area contributed by atoms with Gasteiger partial charge in [-0.05, 0) is 63.4 Å². The van der Waals surface area contributed by atoms with Crippen molar-refractivity contribution < 1.29 is 18.0 Å². The lowest BCUT2D eigenvalue weighted by molar-refractivity contribution is -0.136. The Labute approximate surface area is 183 Å². The summed E-state index contributed by atoms with van der Waals surface area (Å²) in [6, 6.07) is 9.38. The fourth-order valence-electron chi connectivity index (χ4n) is 4.54. The molecule has 2 heterocycles. The van der Waals surface area contributed by atoms with E-state index in [0.29, 0.717) is 22.2 Å². The monoisotopic (exact) mass is 443 g/mol. The maximum atomic E-state index is 13.9. The number of carbonyl (C=O) groups excluding carboxylic acids is 1. The number of pyridine rings is 1. The van der Waals surface area contributed by atoms with E-state index < -0.39 is 23.1 Å². The predicted molar refractivity (Wildman–Crippen MR) is 119 cm³/mol. The molecule has 0 unspecified atom stereocenters. The Morgan fingerprint density at radius 3 is 2.47 bits per heavy atom. The molecule has 1 aromatic heterocycles. The molecule has 0 bridgehead atoms. The number of fused-ring (bicyclic) bond motifs is 1. The molecule has 0 radical (unpaired) electrons. The van der Waals surface area contributed by atoms with Crippen molar-refractivity contribution in [3.05, 3.63) is 69.5 Å². The minimum absolute atomic E-state index is 0.130. The van der Waals surface area contributed by atoms with Crippen molar-refractivity contribution in [3.8, 4) is 0 Å². The molecule has 1 fully saturated rings. The summed E-state index contributed by atoms with van der Waals surface area (Å²) in [5.41, 5.74) is -0.400. The van der Waals surface area contributed by atoms with Crippen LogP contribution in [0.5, 0.6) is 0 Å². The van der Waals surface area contributed by atoms with Crippen LogP contribution in [0.1, 0.15) is 48.2 Å². The Morgan fingerprint density at radius 2 is 1.81 bits per heavy atom. The summed E-state index contributed by atoms with van der Waals surface area (Å²) in [6.45, 7) is 5.71. The van der Waals surface area contributed by atoms with E-state index in [4.69, 9.17) is 0 Å². The van der Waals surface area contributed by atoms with Crippen LogP contribution in [-0.4, -0.2) is 23.0 Å². The first kappa shape index (κ1) is 21.9. The molecular formula is C24H24F3N3O2. The molecule has 2 aromatic carbocycles. The molecule has 0 aliphatic carbocycles. The number of aromatic nitrogens is 1. The number of aryl methyl sites for hydroxylation is 1. The zero-order valence-electron chi connectivity index (χ0n) is 18.0. The van der Waals surface area contributed by atoms with Gasteiger partial charge in [-0.3, -0.25) is 9.59 Å². The van der Waals surface area contributed by atoms with Crippen molar-refractivity contribution >= 4 is 28.2 Å². The Balaban J connectivity index is 1.72. The summed E-state index contributed by atoms with van der Waals surface area (Å²) in [5.74, 6) is -0.891. The normalized spacial score (nSPS) is 18.9. The highest BCUT2D eigenvalue weighted by molar-refractivity contribution is 6.06. The average Bonchev–Trinajstić information content (AvgIpc) is 3.06. The number of hydrogen-bond donors (Lipinski definition) is 2. The van der Waals surface area contributed by atoms with E-state index in [1.807, 2.05) is 18.7 Å². The van der Waals surface area contributed by atoms with E-state index in [0.717, 1.165) is 18.9 Å². The van der Waals surface area contributed by atoms with Gasteiger partial charge in [-0.1, -0.05) is 12.1 Å². The van der Waals surface area contributed by atoms with E-state index >= 15 is 0 Å². The van der Waals surface area contributed by atoms with E-state index in [1.165, 1.54) is 12.3 Å². The first-order valence-electron chi connectivity index (χ1n) is 10.5. The second-order valence-electron chi connectivity index (χ2n) is 8.39. The van der Waals surface area contributed by atoms with Crippen LogP contribution in [-0.2, 0) is 6.18 Å². The first-order chi connectivity index (χ1) is 15.1. The summed E-state index contributed by atoms with van der Waals surface area (Å²) in [5, 5.41) is 2.64. The van der Waals surface area contributed by atoms with Crippen molar-refractivity contribution in [2.45, 2.75) is 51.9 Å². The highest BCUT2D eigenvalue weighted by Crippen LogP contribution is 2.39. The Hall–Kier alpha value is -3.29. The van der Waals surface area contributed by atoms with Crippen LogP contribution >= 0.6 is 0 Å². The van der Waals surface area contributed by atoms with Crippen LogP contribution in [0.2, 0.25) is 0 Å². The van der Waals surface area contributed by atoms with Gasteiger partial charge in [0, 0.05) is 34.9 Å². The fourth-order valence-corrected chi connectivity index (χ4v) is 4.54. The number of H-pyrrole nitrogens is 1. The first-order valence-corrected chi connectivity index (χ1v) is 10.5. The summed E-state index contributed by atoms with van der Waals surface area (Å²) >= 11 is 0. The van der Waals surface area contributed by atoms with E-state index in [-0.39, 0.29) is 23.3 Å². The van der Waals surface area contributed by atoms with Crippen LogP contribution in [0.15, 0.2) is 47.4 Å². The smallest absolute Gasteiger partial charge is 0.366 e. The van der Waals surface area contributed by atoms with Crippen molar-refractivity contribution in [2.24, 2.45) is 0 Å². The minimum atomic E-state index is -4.67. The van der Waals surface area contributed by atoms with Gasteiger partial charge in [0.25, 0.3) is 5.91 Å². The van der Waals surface area contributed by atoms with Crippen LogP contribution in [0.3, 0.4) is 0 Å². The SMILES string of the molecule is Cc1cccc2[nH]cc(C(=O)Nc3ccc(N4[C@H](C)CC[C@@H]4C)cc3C(F)(F)F)c(=O)c12. The number of nitrogens with one attached hydrogen (secondary N) is 2. The molecule has 2 atom stereocenters. The lowest BCUT2D eigenvalue weighted by atomic mass is 10.1. The fraction of sp³-hybridized carbons (Fsp3) is 0.333. The number of hydrogen-bond acceptors (Lipinski definition) is 3. The zero-order chi connectivity index (χ0) is 23.2. The van der Waals surface area contributed by atoms with Crippen LogP contribution < -0.4 is 15.6 Å². The Bertz CT molecular complexity index is 1240. The lowest BCUT2D eigenvalue weighted by Crippen LogP contribution is -2.32. The van der Waals surface area contributed by atoms with Gasteiger partial charge in [-0.2, -0.15) is 13.2 Å². The number of aromatic amines is 1. The van der Waals surface area contributed by atoms with E-state index in [1.54, 1.807) is 31.2 Å². The molecule has 8 heteroatoms. The lowest BCUT2D eigenvalue weighted by Gasteiger charge is -2.30. The number of carbonyl (C=O) groups is 1. The largest absolute Gasteiger partial charge is 0.418 e. The number of halogens is 3. The molecule has 1 saturated heterocycles. The quantitative estimate of drug-likeness (QED) is 0.563. The van der Waals surface area contributed by atoms with Gasteiger partial charge in [-0.15, -0.1) is 0 Å². The van der Waals surface area contributed by atoms with Gasteiger partial charge in [0.05, 0.1) is 11.3 Å². The predicted octanol–water partition coefficient (Wildman–Crippen LogP) is 5.48. The van der Waals surface area contributed by atoms with Gasteiger partial charge in [0.1, 0.15) is 5.56 Å². The van der Waals surface area contributed by atoms with Gasteiger partial charge < -0.3 is 15.2 Å². The highest BCUT2D eigenvalue weighted by Gasteiger charge is 2.36. The van der Waals surface area contributed by atoms with E-state index in [9.17, 15) is 22.8 Å². The van der Waals surface area contributed by atoms with Gasteiger partial charge in [0.2, 0.25) is 5.43 Å². The highest BCUT2D eigenvalue weighted by atomic mass is 19.4. The molecule has 1 aliphatic rings. The molecule has 32 heavy (non-hydrogen) atoms. The number of amides is 1. The average molecular weight is 443 g/mol. The molecule has 3 aromatic rings. The second-order valence-corrected chi connectivity index (χ2v) is 8.39. The van der Waals surface area contributed by atoms with Crippen LogP contribution in [0.4, 0.5) is 24.5 Å². The van der Waals surface area contributed by atoms with Gasteiger partial charge >= 0.3 is 6.18 Å². The topological polar surface area (TPSA) is 65.2 Å². The molecular weight excluding hydrogens is 419 g/mol. The second kappa shape index (κ2) is 8.00. The van der Waals surface area contributed by atoms with Gasteiger partial charge in [0.15, 0.2) is 0 Å². The third kappa shape index (κ3) is 3.85. The molecule has 5 nitrogen and oxygen atoms in total. The van der Waals surface area contributed by atoms with Crippen molar-refractivity contribution in [1.29, 1.82) is 0 Å². The summed E-state index contributed by atoms with van der Waals surface area (Å²) < 4.78 is 41.6. The van der Waals surface area contributed by atoms with Gasteiger partial charge in [-0.25, -0.2) is 0 Å². The molecule has 1 aliphatic heterocycles. The molecule has 2 N–H and O–H groups in total. The molecule has 0 spiro atoms. The summed E-state index contributed by atoms with van der Waals surface area (Å²) in [7, 11) is 0. The number of benzene rings is 2. The summed E-state index contributed by atoms with van der Waals surface area (Å²) in [6.07, 6.45) is -1.62. The van der Waals surface area contributed by atoms with Crippen molar-refractivity contribution in [3.63, 3.8) is 0 Å². The maximum Gasteiger partial charge on any atom is 0.418 e. The molecule has 4 rings (SSSR count). The molecule has 0 saturated carbocycles. The number of rotatable bonds is 3. The molecule has 1 amide bonds. The Kier molecular flexibility index (Phi) is 5.48. The number of alkyl halides is 3. The third-order valence-corrected chi connectivity index (χ3v) is 6.17. The Morgan fingerprint density at radius 1 is 1.12 bits per heavy atom. The third-order valence-electron chi connectivity index (χ3n) is 6.17. The van der Waals surface area contributed by atoms with E-state index in [2.05, 4.69) is 10.3 Å². The maximum absolute atomic E-state index is 13.9. The number of anilines is 2. The summed E-state index contributed by atoms with van der Waals surface area (Å²) in [4.78, 5) is 30.5. The number of nitrogens with zero attached hydrogens (tertiary/aromatic N) is 1. The molecule has 168 valence electrons. The minimum Gasteiger partial charge on any atom is -0.366 e. The van der Waals surface area contributed by atoms with Crippen LogP contribution in [0, 0.1) is 6.92 Å². The van der Waals surface area contributed by atoms with Crippen LogP contribution in [0.25, 0.3) is 10.9 Å². The van der Waals surface area contributed by atoms with Crippen molar-refractivity contribution in [1.82, 2.24) is 4.98 Å².